The fourth-order valence-corrected chi connectivity index (χ4v) is 4.80. The van der Waals surface area contributed by atoms with Gasteiger partial charge in [-0.1, -0.05) is 41.7 Å². The number of hydrogen-bond acceptors (Lipinski definition) is 4. The Morgan fingerprint density at radius 3 is 2.24 bits per heavy atom. The number of rotatable bonds is 7. The third-order valence-corrected chi connectivity index (χ3v) is 6.79. The molecule has 6 nitrogen and oxygen atoms in total. The molecule has 0 radical (unpaired) electrons. The molecule has 1 aliphatic heterocycles. The average Bonchev–Trinajstić information content (AvgIpc) is 3.05. The average molecular weight is 510 g/mol. The van der Waals surface area contributed by atoms with Crippen LogP contribution in [-0.2, 0) is 13.1 Å². The van der Waals surface area contributed by atoms with E-state index in [1.165, 1.54) is 0 Å². The first-order chi connectivity index (χ1) is 15.9. The van der Waals surface area contributed by atoms with E-state index in [1.807, 2.05) is 35.0 Å². The van der Waals surface area contributed by atoms with E-state index in [1.54, 1.807) is 23.9 Å². The van der Waals surface area contributed by atoms with Gasteiger partial charge in [0.15, 0.2) is 0 Å². The predicted molar refractivity (Wildman–Crippen MR) is 136 cm³/mol. The summed E-state index contributed by atoms with van der Waals surface area (Å²) in [4.78, 5) is 17.7. The molecule has 1 aliphatic rings. The number of hydrogen-bond donors (Lipinski definition) is 0. The SMILES string of the molecule is CCCn1c(CN2CCN(c3cc(Cl)ccc3OC)CC2)c(Cl)c(=O)n1-c1ccc(Cl)cc1. The minimum atomic E-state index is -0.204. The largest absolute Gasteiger partial charge is 0.495 e. The Labute approximate surface area is 208 Å². The van der Waals surface area contributed by atoms with Gasteiger partial charge in [-0.25, -0.2) is 4.68 Å². The van der Waals surface area contributed by atoms with Gasteiger partial charge in [0.25, 0.3) is 5.56 Å². The van der Waals surface area contributed by atoms with Gasteiger partial charge in [-0.15, -0.1) is 0 Å². The van der Waals surface area contributed by atoms with Gasteiger partial charge in [0, 0.05) is 49.3 Å². The molecule has 33 heavy (non-hydrogen) atoms. The number of halogens is 3. The molecule has 0 N–H and O–H groups in total. The molecular formula is C24H27Cl3N4O2. The Kier molecular flexibility index (Phi) is 7.59. The van der Waals surface area contributed by atoms with Crippen molar-refractivity contribution in [2.24, 2.45) is 0 Å². The second-order valence-corrected chi connectivity index (χ2v) is 9.31. The molecule has 4 rings (SSSR count). The summed E-state index contributed by atoms with van der Waals surface area (Å²) in [5.74, 6) is 0.813. The Hall–Kier alpha value is -2.12. The fraction of sp³-hybridized carbons (Fsp3) is 0.375. The van der Waals surface area contributed by atoms with Crippen LogP contribution >= 0.6 is 34.8 Å². The lowest BCUT2D eigenvalue weighted by molar-refractivity contribution is 0.240. The van der Waals surface area contributed by atoms with Crippen molar-refractivity contribution in [2.75, 3.05) is 38.2 Å². The van der Waals surface area contributed by atoms with Crippen LogP contribution in [0.25, 0.3) is 5.69 Å². The van der Waals surface area contributed by atoms with E-state index < -0.39 is 0 Å². The minimum Gasteiger partial charge on any atom is -0.495 e. The number of piperazine rings is 1. The molecule has 0 unspecified atom stereocenters. The van der Waals surface area contributed by atoms with Gasteiger partial charge in [0.05, 0.1) is 24.2 Å². The third-order valence-electron chi connectivity index (χ3n) is 5.92. The molecule has 176 valence electrons. The van der Waals surface area contributed by atoms with Crippen LogP contribution in [0.3, 0.4) is 0 Å². The summed E-state index contributed by atoms with van der Waals surface area (Å²) in [7, 11) is 1.67. The number of nitrogens with zero attached hydrogens (tertiary/aromatic N) is 4. The molecule has 0 amide bonds. The summed E-state index contributed by atoms with van der Waals surface area (Å²) in [6, 6.07) is 12.9. The van der Waals surface area contributed by atoms with Crippen molar-refractivity contribution in [3.63, 3.8) is 0 Å². The second kappa shape index (κ2) is 10.4. The number of methoxy groups -OCH3 is 1. The molecule has 1 saturated heterocycles. The molecule has 0 bridgehead atoms. The molecular weight excluding hydrogens is 483 g/mol. The maximum absolute atomic E-state index is 13.1. The highest BCUT2D eigenvalue weighted by molar-refractivity contribution is 6.31. The Balaban J connectivity index is 1.56. The van der Waals surface area contributed by atoms with Crippen molar-refractivity contribution in [3.05, 3.63) is 73.6 Å². The van der Waals surface area contributed by atoms with Crippen molar-refractivity contribution in [1.29, 1.82) is 0 Å². The number of benzene rings is 2. The summed E-state index contributed by atoms with van der Waals surface area (Å²) >= 11 is 18.9. The lowest BCUT2D eigenvalue weighted by atomic mass is 10.2. The second-order valence-electron chi connectivity index (χ2n) is 8.06. The van der Waals surface area contributed by atoms with Crippen LogP contribution < -0.4 is 15.2 Å². The van der Waals surface area contributed by atoms with Crippen LogP contribution in [0.15, 0.2) is 47.3 Å². The highest BCUT2D eigenvalue weighted by Crippen LogP contribution is 2.32. The monoisotopic (exact) mass is 508 g/mol. The minimum absolute atomic E-state index is 0.204. The molecule has 2 heterocycles. The first kappa shape index (κ1) is 24.0. The van der Waals surface area contributed by atoms with Crippen molar-refractivity contribution < 1.29 is 4.74 Å². The number of aromatic nitrogens is 2. The number of ether oxygens (including phenoxy) is 1. The van der Waals surface area contributed by atoms with E-state index in [-0.39, 0.29) is 10.6 Å². The zero-order valence-electron chi connectivity index (χ0n) is 18.7. The van der Waals surface area contributed by atoms with E-state index in [2.05, 4.69) is 16.7 Å². The molecule has 0 aliphatic carbocycles. The van der Waals surface area contributed by atoms with Crippen LogP contribution in [0.4, 0.5) is 5.69 Å². The standard InChI is InChI=1S/C24H27Cl3N4O2/c1-3-10-30-21(23(27)24(32)31(30)19-7-4-17(25)5-8-19)16-28-11-13-29(14-12-28)20-15-18(26)6-9-22(20)33-2/h4-9,15H,3,10-14,16H2,1-2H3. The summed E-state index contributed by atoms with van der Waals surface area (Å²) < 4.78 is 9.18. The lowest BCUT2D eigenvalue weighted by Crippen LogP contribution is -2.46. The summed E-state index contributed by atoms with van der Waals surface area (Å²) in [6.07, 6.45) is 0.882. The smallest absolute Gasteiger partial charge is 0.290 e. The van der Waals surface area contributed by atoms with Crippen molar-refractivity contribution >= 4 is 40.5 Å². The van der Waals surface area contributed by atoms with Gasteiger partial charge in [-0.2, -0.15) is 0 Å². The Bertz CT molecular complexity index is 1170. The predicted octanol–water partition coefficient (Wildman–Crippen LogP) is 5.34. The summed E-state index contributed by atoms with van der Waals surface area (Å²) in [5.41, 5.74) is 2.39. The van der Waals surface area contributed by atoms with Gasteiger partial charge in [0.1, 0.15) is 10.8 Å². The Morgan fingerprint density at radius 2 is 1.61 bits per heavy atom. The molecule has 0 spiro atoms. The van der Waals surface area contributed by atoms with Gasteiger partial charge in [0.2, 0.25) is 0 Å². The van der Waals surface area contributed by atoms with Crippen LogP contribution in [0.5, 0.6) is 5.75 Å². The quantitative estimate of drug-likeness (QED) is 0.431. The first-order valence-electron chi connectivity index (χ1n) is 11.0. The van der Waals surface area contributed by atoms with Gasteiger partial charge < -0.3 is 9.64 Å². The molecule has 1 fully saturated rings. The normalized spacial score (nSPS) is 14.6. The maximum Gasteiger partial charge on any atom is 0.290 e. The molecule has 0 saturated carbocycles. The van der Waals surface area contributed by atoms with E-state index in [9.17, 15) is 4.79 Å². The van der Waals surface area contributed by atoms with E-state index in [4.69, 9.17) is 39.5 Å². The zero-order valence-corrected chi connectivity index (χ0v) is 21.0. The highest BCUT2D eigenvalue weighted by atomic mass is 35.5. The van der Waals surface area contributed by atoms with E-state index in [0.717, 1.165) is 55.4 Å². The molecule has 2 aromatic carbocycles. The van der Waals surface area contributed by atoms with Crippen LogP contribution in [0.1, 0.15) is 19.0 Å². The zero-order chi connectivity index (χ0) is 23.5. The van der Waals surface area contributed by atoms with Crippen molar-refractivity contribution in [1.82, 2.24) is 14.3 Å². The highest BCUT2D eigenvalue weighted by Gasteiger charge is 2.25. The summed E-state index contributed by atoms with van der Waals surface area (Å²) in [5, 5.41) is 1.59. The molecule has 3 aromatic rings. The fourth-order valence-electron chi connectivity index (χ4n) is 4.27. The van der Waals surface area contributed by atoms with Gasteiger partial charge in [-0.05, 0) is 48.9 Å². The lowest BCUT2D eigenvalue weighted by Gasteiger charge is -2.36. The maximum atomic E-state index is 13.1. The summed E-state index contributed by atoms with van der Waals surface area (Å²) in [6.45, 7) is 6.70. The van der Waals surface area contributed by atoms with Crippen molar-refractivity contribution in [2.45, 2.75) is 26.4 Å². The Morgan fingerprint density at radius 1 is 0.939 bits per heavy atom. The number of anilines is 1. The van der Waals surface area contributed by atoms with Gasteiger partial charge >= 0.3 is 0 Å². The van der Waals surface area contributed by atoms with Gasteiger partial charge in [-0.3, -0.25) is 14.4 Å². The third kappa shape index (κ3) is 5.04. The van der Waals surface area contributed by atoms with E-state index >= 15 is 0 Å². The molecule has 9 heteroatoms. The van der Waals surface area contributed by atoms with Crippen LogP contribution in [0.2, 0.25) is 15.1 Å². The van der Waals surface area contributed by atoms with Crippen molar-refractivity contribution in [3.8, 4) is 11.4 Å². The van der Waals surface area contributed by atoms with Crippen LogP contribution in [-0.4, -0.2) is 47.6 Å². The molecule has 1 aromatic heterocycles. The topological polar surface area (TPSA) is 42.6 Å². The molecule has 0 atom stereocenters. The first-order valence-corrected chi connectivity index (χ1v) is 12.1. The van der Waals surface area contributed by atoms with E-state index in [0.29, 0.717) is 23.1 Å². The van der Waals surface area contributed by atoms with Crippen LogP contribution in [0, 0.1) is 0 Å².